The molecule has 2 aromatic heterocycles. The number of fused-ring (bicyclic) bond motifs is 1. The van der Waals surface area contributed by atoms with Crippen molar-refractivity contribution in [1.82, 2.24) is 14.7 Å². The predicted octanol–water partition coefficient (Wildman–Crippen LogP) is 5.67. The highest BCUT2D eigenvalue weighted by Gasteiger charge is 2.16. The Morgan fingerprint density at radius 1 is 1.12 bits per heavy atom. The summed E-state index contributed by atoms with van der Waals surface area (Å²) in [6.45, 7) is 12.1. The van der Waals surface area contributed by atoms with Gasteiger partial charge in [-0.1, -0.05) is 53.2 Å². The molecule has 6 heteroatoms. The van der Waals surface area contributed by atoms with Crippen LogP contribution in [0, 0.1) is 5.82 Å². The highest BCUT2D eigenvalue weighted by Crippen LogP contribution is 2.24. The van der Waals surface area contributed by atoms with E-state index in [1.807, 2.05) is 52.0 Å². The topological polar surface area (TPSA) is 58.4 Å². The lowest BCUT2D eigenvalue weighted by Gasteiger charge is -2.14. The third-order valence-corrected chi connectivity index (χ3v) is 5.23. The molecule has 1 atom stereocenters. The van der Waals surface area contributed by atoms with E-state index in [9.17, 15) is 9.18 Å². The molecule has 174 valence electrons. The molecule has 0 aliphatic carbocycles. The normalized spacial score (nSPS) is 14.9. The Balaban J connectivity index is 0.000000860. The highest BCUT2D eigenvalue weighted by atomic mass is 19.1. The zero-order valence-electron chi connectivity index (χ0n) is 20.0. The number of nitrogens with zero attached hydrogens (tertiary/aromatic N) is 2. The summed E-state index contributed by atoms with van der Waals surface area (Å²) in [6.07, 6.45) is 5.00. The molecular weight excluding hydrogens is 403 g/mol. The molecule has 1 unspecified atom stereocenters. The van der Waals surface area contributed by atoms with E-state index in [4.69, 9.17) is 0 Å². The highest BCUT2D eigenvalue weighted by molar-refractivity contribution is 5.69. The van der Waals surface area contributed by atoms with Gasteiger partial charge in [0.2, 0.25) is 0 Å². The van der Waals surface area contributed by atoms with Crippen LogP contribution in [-0.2, 0) is 6.42 Å². The fourth-order valence-electron chi connectivity index (χ4n) is 3.72. The Kier molecular flexibility index (Phi) is 10.3. The van der Waals surface area contributed by atoms with Crippen molar-refractivity contribution in [3.63, 3.8) is 0 Å². The van der Waals surface area contributed by atoms with Crippen LogP contribution in [0.15, 0.2) is 47.4 Å². The van der Waals surface area contributed by atoms with Crippen molar-refractivity contribution in [3.05, 3.63) is 64.5 Å². The molecule has 32 heavy (non-hydrogen) atoms. The smallest absolute Gasteiger partial charge is 0.266 e. The van der Waals surface area contributed by atoms with Crippen molar-refractivity contribution in [2.45, 2.75) is 66.3 Å². The quantitative estimate of drug-likeness (QED) is 0.519. The number of aromatic nitrogens is 2. The van der Waals surface area contributed by atoms with Crippen molar-refractivity contribution >= 4 is 11.3 Å². The number of benzene rings is 1. The third kappa shape index (κ3) is 6.16. The second kappa shape index (κ2) is 13.0. The first kappa shape index (κ1) is 25.5. The van der Waals surface area contributed by atoms with Gasteiger partial charge >= 0.3 is 0 Å². The van der Waals surface area contributed by atoms with Crippen LogP contribution >= 0.6 is 0 Å². The molecule has 0 spiro atoms. The van der Waals surface area contributed by atoms with Crippen LogP contribution in [0.2, 0.25) is 0 Å². The second-order valence-electron chi connectivity index (χ2n) is 7.33. The van der Waals surface area contributed by atoms with Gasteiger partial charge in [-0.3, -0.25) is 9.20 Å². The van der Waals surface area contributed by atoms with Gasteiger partial charge in [-0.2, -0.15) is 0 Å². The summed E-state index contributed by atoms with van der Waals surface area (Å²) in [5, 5.41) is 6.85. The van der Waals surface area contributed by atoms with Crippen molar-refractivity contribution in [2.75, 3.05) is 18.4 Å². The maximum absolute atomic E-state index is 13.7. The Morgan fingerprint density at radius 2 is 1.84 bits per heavy atom. The lowest BCUT2D eigenvalue weighted by Crippen LogP contribution is -2.22. The van der Waals surface area contributed by atoms with Crippen molar-refractivity contribution < 1.29 is 4.39 Å². The van der Waals surface area contributed by atoms with Crippen molar-refractivity contribution in [1.29, 1.82) is 0 Å². The van der Waals surface area contributed by atoms with Crippen LogP contribution in [0.3, 0.4) is 0 Å². The minimum atomic E-state index is -0.451. The Bertz CT molecular complexity index is 1020. The van der Waals surface area contributed by atoms with Crippen LogP contribution in [0.4, 0.5) is 10.1 Å². The van der Waals surface area contributed by atoms with Gasteiger partial charge in [0.05, 0.1) is 11.3 Å². The first-order chi connectivity index (χ1) is 15.7. The molecular formula is C26H37FN4O. The van der Waals surface area contributed by atoms with Gasteiger partial charge in [-0.15, -0.1) is 0 Å². The molecule has 1 saturated heterocycles. The van der Waals surface area contributed by atoms with Crippen LogP contribution < -0.4 is 16.2 Å². The fraction of sp³-hybridized carbons (Fsp3) is 0.462. The lowest BCUT2D eigenvalue weighted by atomic mass is 10.0. The summed E-state index contributed by atoms with van der Waals surface area (Å²) >= 11 is 0. The minimum Gasteiger partial charge on any atom is -0.381 e. The number of halogens is 1. The van der Waals surface area contributed by atoms with Crippen LogP contribution in [0.5, 0.6) is 0 Å². The average Bonchev–Trinajstić information content (AvgIpc) is 3.35. The van der Waals surface area contributed by atoms with Gasteiger partial charge in [0.1, 0.15) is 11.5 Å². The van der Waals surface area contributed by atoms with E-state index in [2.05, 4.69) is 22.5 Å². The number of pyridine rings is 1. The number of aryl methyl sites for hydroxylation is 1. The molecule has 0 saturated carbocycles. The SMILES string of the molecule is CC.CC.CCCCc1nc2ccc(F)cn2c(=O)c1-c1ccc(NC2CCNC2)cc1. The number of rotatable bonds is 6. The number of hydrogen-bond donors (Lipinski definition) is 2. The van der Waals surface area contributed by atoms with Crippen LogP contribution in [0.1, 0.15) is 59.6 Å². The molecule has 5 nitrogen and oxygen atoms in total. The Morgan fingerprint density at radius 3 is 2.47 bits per heavy atom. The van der Waals surface area contributed by atoms with Gasteiger partial charge in [0.15, 0.2) is 0 Å². The average molecular weight is 441 g/mol. The van der Waals surface area contributed by atoms with E-state index in [0.717, 1.165) is 55.7 Å². The van der Waals surface area contributed by atoms with Gasteiger partial charge in [-0.05, 0) is 55.6 Å². The Labute approximate surface area is 191 Å². The lowest BCUT2D eigenvalue weighted by molar-refractivity contribution is 0.617. The number of hydrogen-bond acceptors (Lipinski definition) is 4. The summed E-state index contributed by atoms with van der Waals surface area (Å²) < 4.78 is 15.0. The summed E-state index contributed by atoms with van der Waals surface area (Å²) in [7, 11) is 0. The summed E-state index contributed by atoms with van der Waals surface area (Å²) in [5.41, 5.74) is 3.44. The van der Waals surface area contributed by atoms with Gasteiger partial charge in [0, 0.05) is 24.5 Å². The molecule has 1 aliphatic rings. The molecule has 4 rings (SSSR count). The number of anilines is 1. The van der Waals surface area contributed by atoms with E-state index >= 15 is 0 Å². The maximum atomic E-state index is 13.7. The predicted molar refractivity (Wildman–Crippen MR) is 133 cm³/mol. The molecule has 0 bridgehead atoms. The molecule has 1 aliphatic heterocycles. The van der Waals surface area contributed by atoms with Crippen LogP contribution in [0.25, 0.3) is 16.8 Å². The largest absolute Gasteiger partial charge is 0.381 e. The van der Waals surface area contributed by atoms with Gasteiger partial charge < -0.3 is 10.6 Å². The molecule has 3 aromatic rings. The zero-order chi connectivity index (χ0) is 23.5. The summed E-state index contributed by atoms with van der Waals surface area (Å²) in [4.78, 5) is 17.8. The monoisotopic (exact) mass is 440 g/mol. The molecule has 0 radical (unpaired) electrons. The molecule has 1 aromatic carbocycles. The third-order valence-electron chi connectivity index (χ3n) is 5.23. The van der Waals surface area contributed by atoms with E-state index < -0.39 is 5.82 Å². The van der Waals surface area contributed by atoms with E-state index in [1.165, 1.54) is 16.7 Å². The van der Waals surface area contributed by atoms with Gasteiger partial charge in [-0.25, -0.2) is 9.37 Å². The maximum Gasteiger partial charge on any atom is 0.266 e. The number of unbranched alkanes of at least 4 members (excludes halogenated alkanes) is 1. The molecule has 2 N–H and O–H groups in total. The molecule has 3 heterocycles. The van der Waals surface area contributed by atoms with Crippen molar-refractivity contribution in [2.24, 2.45) is 0 Å². The second-order valence-corrected chi connectivity index (χ2v) is 7.33. The van der Waals surface area contributed by atoms with Gasteiger partial charge in [0.25, 0.3) is 5.56 Å². The summed E-state index contributed by atoms with van der Waals surface area (Å²) in [6, 6.07) is 11.2. The number of nitrogens with one attached hydrogen (secondary N) is 2. The zero-order valence-corrected chi connectivity index (χ0v) is 20.0. The Hall–Kier alpha value is -2.73. The van der Waals surface area contributed by atoms with Crippen molar-refractivity contribution in [3.8, 4) is 11.1 Å². The van der Waals surface area contributed by atoms with E-state index in [0.29, 0.717) is 17.3 Å². The molecule has 0 amide bonds. The van der Waals surface area contributed by atoms with E-state index in [1.54, 1.807) is 6.07 Å². The summed E-state index contributed by atoms with van der Waals surface area (Å²) in [5.74, 6) is -0.451. The first-order valence-electron chi connectivity index (χ1n) is 11.9. The van der Waals surface area contributed by atoms with E-state index in [-0.39, 0.29) is 5.56 Å². The first-order valence-corrected chi connectivity index (χ1v) is 11.9. The fourth-order valence-corrected chi connectivity index (χ4v) is 3.72. The standard InChI is InChI=1S/C22H25FN4O.2C2H6/c1-2-3-4-19-21(22(28)27-14-16(23)7-10-20(27)26-19)15-5-8-17(9-6-15)25-18-11-12-24-13-18;2*1-2/h5-10,14,18,24-25H,2-4,11-13H2,1H3;2*1-2H3. The molecule has 1 fully saturated rings. The minimum absolute atomic E-state index is 0.226. The van der Waals surface area contributed by atoms with Crippen LogP contribution in [-0.4, -0.2) is 28.5 Å².